The number of hydrogen-bond acceptors (Lipinski definition) is 5. The monoisotopic (exact) mass is 386 g/mol. The van der Waals surface area contributed by atoms with Gasteiger partial charge in [0.05, 0.1) is 19.2 Å². The summed E-state index contributed by atoms with van der Waals surface area (Å²) in [6.07, 6.45) is -0.169. The minimum atomic E-state index is -2.05. The Morgan fingerprint density at radius 1 is 1.27 bits per heavy atom. The van der Waals surface area contributed by atoms with Crippen LogP contribution in [0.2, 0.25) is 18.1 Å². The highest BCUT2D eigenvalue weighted by atomic mass is 28.4. The maximum atomic E-state index is 12.6. The summed E-state index contributed by atoms with van der Waals surface area (Å²) < 4.78 is 11.7. The highest BCUT2D eigenvalue weighted by Crippen LogP contribution is 2.37. The predicted molar refractivity (Wildman–Crippen MR) is 103 cm³/mol. The molecule has 0 saturated carbocycles. The zero-order valence-corrected chi connectivity index (χ0v) is 18.3. The third kappa shape index (κ3) is 5.82. The third-order valence-corrected chi connectivity index (χ3v) is 9.34. The Morgan fingerprint density at radius 3 is 2.23 bits per heavy atom. The van der Waals surface area contributed by atoms with Crippen molar-refractivity contribution < 1.29 is 23.9 Å². The van der Waals surface area contributed by atoms with E-state index in [0.29, 0.717) is 0 Å². The average molecular weight is 387 g/mol. The lowest BCUT2D eigenvalue weighted by atomic mass is 10.00. The number of amides is 2. The minimum absolute atomic E-state index is 0.00810. The van der Waals surface area contributed by atoms with E-state index in [4.69, 9.17) is 14.9 Å². The maximum Gasteiger partial charge on any atom is 0.410 e. The molecule has 1 rings (SSSR count). The molecule has 0 aromatic carbocycles. The maximum absolute atomic E-state index is 12.6. The van der Waals surface area contributed by atoms with Crippen LogP contribution >= 0.6 is 0 Å². The van der Waals surface area contributed by atoms with Gasteiger partial charge >= 0.3 is 6.09 Å². The standard InChI is InChI=1S/C18H34N2O5Si/c1-17(2,3)25-16(23)20-10-14(21)13(15(19)22)9-12(20)11-24-26(7,8)18(4,5)6/h9,12,14,21H,10-11H2,1-8H3,(H2,19,22)/t12-,14+/m0/s1. The van der Waals surface area contributed by atoms with E-state index in [1.165, 1.54) is 11.0 Å². The molecule has 3 N–H and O–H groups in total. The van der Waals surface area contributed by atoms with Gasteiger partial charge in [-0.15, -0.1) is 0 Å². The second-order valence-corrected chi connectivity index (χ2v) is 14.1. The first-order chi connectivity index (χ1) is 11.5. The summed E-state index contributed by atoms with van der Waals surface area (Å²) in [5, 5.41) is 10.2. The summed E-state index contributed by atoms with van der Waals surface area (Å²) in [5.41, 5.74) is 4.80. The van der Waals surface area contributed by atoms with E-state index in [-0.39, 0.29) is 23.8 Å². The number of aliphatic hydroxyl groups is 1. The van der Waals surface area contributed by atoms with E-state index < -0.39 is 38.1 Å². The number of carbonyl (C=O) groups excluding carboxylic acids is 2. The van der Waals surface area contributed by atoms with Crippen LogP contribution in [0.1, 0.15) is 41.5 Å². The lowest BCUT2D eigenvalue weighted by Gasteiger charge is -2.41. The molecule has 0 bridgehead atoms. The molecule has 7 nitrogen and oxygen atoms in total. The van der Waals surface area contributed by atoms with E-state index in [1.807, 2.05) is 0 Å². The van der Waals surface area contributed by atoms with E-state index in [1.54, 1.807) is 20.8 Å². The molecule has 0 spiro atoms. The lowest BCUT2D eigenvalue weighted by Crippen LogP contribution is -2.54. The van der Waals surface area contributed by atoms with E-state index in [0.717, 1.165) is 0 Å². The van der Waals surface area contributed by atoms with Gasteiger partial charge in [0, 0.05) is 5.57 Å². The molecule has 0 saturated heterocycles. The van der Waals surface area contributed by atoms with Crippen molar-refractivity contribution >= 4 is 20.3 Å². The van der Waals surface area contributed by atoms with Crippen LogP contribution in [0, 0.1) is 0 Å². The van der Waals surface area contributed by atoms with Crippen LogP contribution in [0.25, 0.3) is 0 Å². The van der Waals surface area contributed by atoms with Crippen LogP contribution in [0.5, 0.6) is 0 Å². The quantitative estimate of drug-likeness (QED) is 0.722. The average Bonchev–Trinajstić information content (AvgIpc) is 2.42. The molecule has 1 aliphatic heterocycles. The SMILES string of the molecule is CC(C)(C)OC(=O)N1C[C@@H](O)C(C(N)=O)=C[C@H]1CO[Si](C)(C)C(C)(C)C. The van der Waals surface area contributed by atoms with Crippen molar-refractivity contribution in [2.45, 2.75) is 77.4 Å². The highest BCUT2D eigenvalue weighted by Gasteiger charge is 2.40. The van der Waals surface area contributed by atoms with Gasteiger partial charge in [-0.25, -0.2) is 4.79 Å². The first-order valence-electron chi connectivity index (χ1n) is 8.88. The van der Waals surface area contributed by atoms with Gasteiger partial charge in [0.15, 0.2) is 8.32 Å². The Balaban J connectivity index is 3.08. The van der Waals surface area contributed by atoms with Crippen LogP contribution in [0.3, 0.4) is 0 Å². The minimum Gasteiger partial charge on any atom is -0.444 e. The zero-order valence-electron chi connectivity index (χ0n) is 17.3. The molecule has 0 aromatic heterocycles. The molecule has 26 heavy (non-hydrogen) atoms. The number of β-amino-alcohol motifs (C(OH)–C–C–N with tert-alkyl or cyclic N) is 1. The fourth-order valence-electron chi connectivity index (χ4n) is 2.25. The van der Waals surface area contributed by atoms with Gasteiger partial charge in [0.1, 0.15) is 11.7 Å². The van der Waals surface area contributed by atoms with Gasteiger partial charge in [-0.05, 0) is 45.0 Å². The number of nitrogens with zero attached hydrogens (tertiary/aromatic N) is 1. The summed E-state index contributed by atoms with van der Waals surface area (Å²) in [7, 11) is -2.05. The summed E-state index contributed by atoms with van der Waals surface area (Å²) in [5.74, 6) is -0.696. The molecule has 0 fully saturated rings. The van der Waals surface area contributed by atoms with Crippen LogP contribution < -0.4 is 5.73 Å². The number of hydrogen-bond donors (Lipinski definition) is 2. The zero-order chi connectivity index (χ0) is 20.5. The van der Waals surface area contributed by atoms with Crippen molar-refractivity contribution in [3.63, 3.8) is 0 Å². The Bertz CT molecular complexity index is 575. The summed E-state index contributed by atoms with van der Waals surface area (Å²) in [6, 6.07) is -0.523. The predicted octanol–water partition coefficient (Wildman–Crippen LogP) is 2.40. The number of carbonyl (C=O) groups is 2. The number of aliphatic hydroxyl groups excluding tert-OH is 1. The van der Waals surface area contributed by atoms with Crippen molar-refractivity contribution in [1.29, 1.82) is 0 Å². The van der Waals surface area contributed by atoms with Gasteiger partial charge in [-0.3, -0.25) is 9.69 Å². The van der Waals surface area contributed by atoms with Gasteiger partial charge < -0.3 is 20.0 Å². The molecule has 150 valence electrons. The number of ether oxygens (including phenoxy) is 1. The van der Waals surface area contributed by atoms with E-state index in [9.17, 15) is 14.7 Å². The second-order valence-electron chi connectivity index (χ2n) is 9.27. The smallest absolute Gasteiger partial charge is 0.410 e. The van der Waals surface area contributed by atoms with Crippen molar-refractivity contribution in [1.82, 2.24) is 4.90 Å². The number of nitrogens with two attached hydrogens (primary N) is 1. The Labute approximate surface area is 157 Å². The van der Waals surface area contributed by atoms with Crippen LogP contribution in [-0.2, 0) is 14.0 Å². The van der Waals surface area contributed by atoms with Crippen LogP contribution in [0.4, 0.5) is 4.79 Å². The summed E-state index contributed by atoms with van der Waals surface area (Å²) in [6.45, 7) is 16.1. The van der Waals surface area contributed by atoms with Crippen molar-refractivity contribution in [2.75, 3.05) is 13.2 Å². The molecule has 2 atom stereocenters. The largest absolute Gasteiger partial charge is 0.444 e. The van der Waals surface area contributed by atoms with E-state index in [2.05, 4.69) is 33.9 Å². The molecule has 0 unspecified atom stereocenters. The topological polar surface area (TPSA) is 102 Å². The molecule has 1 heterocycles. The van der Waals surface area contributed by atoms with Gasteiger partial charge in [-0.1, -0.05) is 20.8 Å². The lowest BCUT2D eigenvalue weighted by molar-refractivity contribution is -0.116. The van der Waals surface area contributed by atoms with Gasteiger partial charge in [-0.2, -0.15) is 0 Å². The van der Waals surface area contributed by atoms with Gasteiger partial charge in [0.25, 0.3) is 0 Å². The summed E-state index contributed by atoms with van der Waals surface area (Å²) >= 11 is 0. The molecule has 2 amide bonds. The summed E-state index contributed by atoms with van der Waals surface area (Å²) in [4.78, 5) is 25.6. The molecule has 8 heteroatoms. The van der Waals surface area contributed by atoms with Crippen molar-refractivity contribution in [3.8, 4) is 0 Å². The third-order valence-electron chi connectivity index (χ3n) is 4.83. The van der Waals surface area contributed by atoms with Crippen molar-refractivity contribution in [2.24, 2.45) is 5.73 Å². The molecule has 0 aliphatic carbocycles. The molecule has 0 radical (unpaired) electrons. The fourth-order valence-corrected chi connectivity index (χ4v) is 3.27. The normalized spacial score (nSPS) is 22.0. The number of primary amides is 1. The molecule has 0 aromatic rings. The van der Waals surface area contributed by atoms with E-state index >= 15 is 0 Å². The molecular weight excluding hydrogens is 352 g/mol. The first-order valence-corrected chi connectivity index (χ1v) is 11.8. The first kappa shape index (κ1) is 22.7. The second kappa shape index (κ2) is 7.70. The molecular formula is C18H34N2O5Si. The Morgan fingerprint density at radius 2 is 1.81 bits per heavy atom. The van der Waals surface area contributed by atoms with Crippen molar-refractivity contribution in [3.05, 3.63) is 11.6 Å². The molecule has 1 aliphatic rings. The Hall–Kier alpha value is -1.38. The highest BCUT2D eigenvalue weighted by molar-refractivity contribution is 6.74. The Kier molecular flexibility index (Phi) is 6.71. The fraction of sp³-hybridized carbons (Fsp3) is 0.778. The number of rotatable bonds is 4. The van der Waals surface area contributed by atoms with Crippen LogP contribution in [-0.4, -0.2) is 61.2 Å². The van der Waals surface area contributed by atoms with Crippen LogP contribution in [0.15, 0.2) is 11.6 Å². The van der Waals surface area contributed by atoms with Gasteiger partial charge in [0.2, 0.25) is 5.91 Å².